The van der Waals surface area contributed by atoms with Crippen LogP contribution in [0.3, 0.4) is 0 Å². The van der Waals surface area contributed by atoms with Gasteiger partial charge in [0.2, 0.25) is 0 Å². The van der Waals surface area contributed by atoms with Gasteiger partial charge in [0.25, 0.3) is 0 Å². The first-order chi connectivity index (χ1) is 7.47. The molecule has 2 rings (SSSR count). The zero-order valence-electron chi connectivity index (χ0n) is 10.7. The molecule has 1 aliphatic rings. The summed E-state index contributed by atoms with van der Waals surface area (Å²) in [5.74, 6) is 0. The summed E-state index contributed by atoms with van der Waals surface area (Å²) in [6.07, 6.45) is 4.06. The topological polar surface area (TPSA) is 33.1 Å². The molecule has 1 fully saturated rings. The van der Waals surface area contributed by atoms with Crippen molar-refractivity contribution in [2.24, 2.45) is 7.05 Å². The normalized spacial score (nSPS) is 25.9. The number of aryl methyl sites for hydroxylation is 1. The maximum absolute atomic E-state index is 4.22. The zero-order valence-corrected chi connectivity index (χ0v) is 10.7. The summed E-state index contributed by atoms with van der Waals surface area (Å²) in [7, 11) is 1.97. The fourth-order valence-corrected chi connectivity index (χ4v) is 2.23. The lowest BCUT2D eigenvalue weighted by Crippen LogP contribution is -2.60. The summed E-state index contributed by atoms with van der Waals surface area (Å²) in [6.45, 7) is 9.97. The predicted molar refractivity (Wildman–Crippen MR) is 65.2 cm³/mol. The van der Waals surface area contributed by atoms with Gasteiger partial charge in [0.05, 0.1) is 6.20 Å². The number of nitrogens with one attached hydrogen (secondary N) is 1. The number of nitrogens with zero attached hydrogens (tertiary/aromatic N) is 3. The Balaban J connectivity index is 2.06. The fraction of sp³-hybridized carbons (Fsp3) is 0.750. The maximum atomic E-state index is 4.22. The van der Waals surface area contributed by atoms with Crippen LogP contribution in [0.25, 0.3) is 0 Å². The Labute approximate surface area is 97.6 Å². The summed E-state index contributed by atoms with van der Waals surface area (Å²) >= 11 is 0. The van der Waals surface area contributed by atoms with Crippen LogP contribution in [0, 0.1) is 0 Å². The largest absolute Gasteiger partial charge is 0.311 e. The van der Waals surface area contributed by atoms with Crippen LogP contribution >= 0.6 is 0 Å². The van der Waals surface area contributed by atoms with Crippen molar-refractivity contribution < 1.29 is 0 Å². The summed E-state index contributed by atoms with van der Waals surface area (Å²) in [5, 5.41) is 7.75. The van der Waals surface area contributed by atoms with Crippen molar-refractivity contribution >= 4 is 0 Å². The van der Waals surface area contributed by atoms with Gasteiger partial charge in [0, 0.05) is 50.0 Å². The Hall–Kier alpha value is -0.870. The number of aromatic nitrogens is 2. The molecule has 1 saturated heterocycles. The number of rotatable bonds is 2. The summed E-state index contributed by atoms with van der Waals surface area (Å²) < 4.78 is 1.87. The van der Waals surface area contributed by atoms with Crippen LogP contribution in [0.5, 0.6) is 0 Å². The van der Waals surface area contributed by atoms with E-state index < -0.39 is 0 Å². The monoisotopic (exact) mass is 222 g/mol. The van der Waals surface area contributed by atoms with Crippen LogP contribution in [-0.2, 0) is 13.6 Å². The molecule has 0 spiro atoms. The Morgan fingerprint density at radius 1 is 1.56 bits per heavy atom. The summed E-state index contributed by atoms with van der Waals surface area (Å²) in [6, 6.07) is 0.574. The molecule has 4 heteroatoms. The van der Waals surface area contributed by atoms with Gasteiger partial charge in [-0.3, -0.25) is 9.58 Å². The third-order valence-corrected chi connectivity index (χ3v) is 3.37. The summed E-state index contributed by atoms with van der Waals surface area (Å²) in [4.78, 5) is 2.53. The summed E-state index contributed by atoms with van der Waals surface area (Å²) in [5.41, 5.74) is 1.52. The molecule has 1 aromatic rings. The van der Waals surface area contributed by atoms with Crippen LogP contribution in [0.2, 0.25) is 0 Å². The molecule has 0 aliphatic carbocycles. The van der Waals surface area contributed by atoms with Crippen LogP contribution in [-0.4, -0.2) is 39.4 Å². The Morgan fingerprint density at radius 3 is 2.94 bits per heavy atom. The van der Waals surface area contributed by atoms with E-state index in [1.165, 1.54) is 5.56 Å². The minimum Gasteiger partial charge on any atom is -0.311 e. The van der Waals surface area contributed by atoms with E-state index in [0.29, 0.717) is 6.04 Å². The van der Waals surface area contributed by atoms with Gasteiger partial charge in [-0.05, 0) is 20.8 Å². The lowest BCUT2D eigenvalue weighted by atomic mass is 9.97. The van der Waals surface area contributed by atoms with Gasteiger partial charge in [-0.1, -0.05) is 0 Å². The quantitative estimate of drug-likeness (QED) is 0.810. The lowest BCUT2D eigenvalue weighted by molar-refractivity contribution is 0.0626. The number of piperazine rings is 1. The van der Waals surface area contributed by atoms with Crippen LogP contribution < -0.4 is 5.32 Å². The van der Waals surface area contributed by atoms with Gasteiger partial charge in [0.15, 0.2) is 0 Å². The molecule has 0 amide bonds. The Kier molecular flexibility index (Phi) is 3.04. The van der Waals surface area contributed by atoms with Crippen molar-refractivity contribution in [3.8, 4) is 0 Å². The smallest absolute Gasteiger partial charge is 0.0534 e. The molecule has 1 N–H and O–H groups in total. The molecule has 1 atom stereocenters. The molecule has 1 unspecified atom stereocenters. The fourth-order valence-electron chi connectivity index (χ4n) is 2.23. The minimum absolute atomic E-state index is 0.225. The molecule has 0 radical (unpaired) electrons. The maximum Gasteiger partial charge on any atom is 0.0534 e. The first-order valence-corrected chi connectivity index (χ1v) is 5.93. The van der Waals surface area contributed by atoms with E-state index in [-0.39, 0.29) is 5.54 Å². The van der Waals surface area contributed by atoms with E-state index in [9.17, 15) is 0 Å². The molecule has 1 aromatic heterocycles. The van der Waals surface area contributed by atoms with Gasteiger partial charge >= 0.3 is 0 Å². The van der Waals surface area contributed by atoms with Crippen molar-refractivity contribution in [2.45, 2.75) is 38.9 Å². The SMILES string of the molecule is CC1CN(Cc2cnn(C)c2)C(C)(C)CN1. The first-order valence-electron chi connectivity index (χ1n) is 5.93. The van der Waals surface area contributed by atoms with Crippen LogP contribution in [0.1, 0.15) is 26.3 Å². The zero-order chi connectivity index (χ0) is 11.8. The van der Waals surface area contributed by atoms with E-state index in [4.69, 9.17) is 0 Å². The van der Waals surface area contributed by atoms with Crippen LogP contribution in [0.4, 0.5) is 0 Å². The second-order valence-corrected chi connectivity index (χ2v) is 5.50. The molecular formula is C12H22N4. The van der Waals surface area contributed by atoms with E-state index in [0.717, 1.165) is 19.6 Å². The van der Waals surface area contributed by atoms with Gasteiger partial charge in [0.1, 0.15) is 0 Å². The highest BCUT2D eigenvalue weighted by atomic mass is 15.3. The van der Waals surface area contributed by atoms with Crippen molar-refractivity contribution in [1.29, 1.82) is 0 Å². The van der Waals surface area contributed by atoms with Crippen LogP contribution in [0.15, 0.2) is 12.4 Å². The average molecular weight is 222 g/mol. The van der Waals surface area contributed by atoms with Crippen molar-refractivity contribution in [1.82, 2.24) is 20.0 Å². The average Bonchev–Trinajstić information content (AvgIpc) is 2.59. The number of hydrogen-bond acceptors (Lipinski definition) is 3. The second-order valence-electron chi connectivity index (χ2n) is 5.50. The predicted octanol–water partition coefficient (Wildman–Crippen LogP) is 0.992. The molecular weight excluding hydrogens is 200 g/mol. The molecule has 0 saturated carbocycles. The van der Waals surface area contributed by atoms with E-state index in [1.54, 1.807) is 0 Å². The van der Waals surface area contributed by atoms with Crippen molar-refractivity contribution in [3.63, 3.8) is 0 Å². The highest BCUT2D eigenvalue weighted by Crippen LogP contribution is 2.20. The van der Waals surface area contributed by atoms with E-state index >= 15 is 0 Å². The highest BCUT2D eigenvalue weighted by Gasteiger charge is 2.32. The third-order valence-electron chi connectivity index (χ3n) is 3.37. The van der Waals surface area contributed by atoms with Crippen molar-refractivity contribution in [2.75, 3.05) is 13.1 Å². The van der Waals surface area contributed by atoms with Gasteiger partial charge in [-0.25, -0.2) is 0 Å². The Morgan fingerprint density at radius 2 is 2.31 bits per heavy atom. The molecule has 16 heavy (non-hydrogen) atoms. The molecule has 0 bridgehead atoms. The molecule has 4 nitrogen and oxygen atoms in total. The first kappa shape index (κ1) is 11.6. The second kappa shape index (κ2) is 4.18. The van der Waals surface area contributed by atoms with Gasteiger partial charge < -0.3 is 5.32 Å². The van der Waals surface area contributed by atoms with Gasteiger partial charge in [-0.15, -0.1) is 0 Å². The number of hydrogen-bond donors (Lipinski definition) is 1. The lowest BCUT2D eigenvalue weighted by Gasteiger charge is -2.45. The molecule has 90 valence electrons. The molecule has 2 heterocycles. The third kappa shape index (κ3) is 2.44. The van der Waals surface area contributed by atoms with E-state index in [2.05, 4.69) is 42.3 Å². The van der Waals surface area contributed by atoms with Gasteiger partial charge in [-0.2, -0.15) is 5.10 Å². The standard InChI is InChI=1S/C12H22N4/c1-10-6-16(12(2,3)9-13-10)8-11-5-14-15(4)7-11/h5,7,10,13H,6,8-9H2,1-4H3. The minimum atomic E-state index is 0.225. The molecule has 1 aliphatic heterocycles. The van der Waals surface area contributed by atoms with E-state index in [1.807, 2.05) is 17.9 Å². The van der Waals surface area contributed by atoms with Crippen molar-refractivity contribution in [3.05, 3.63) is 18.0 Å². The highest BCUT2D eigenvalue weighted by molar-refractivity contribution is 5.06. The molecule has 0 aromatic carbocycles. The Bertz CT molecular complexity index is 356.